The highest BCUT2D eigenvalue weighted by Gasteiger charge is 2.21. The number of hydrogen-bond donors (Lipinski definition) is 0. The number of aromatic nitrogens is 2. The van der Waals surface area contributed by atoms with E-state index in [-0.39, 0.29) is 11.7 Å². The molecular weight excluding hydrogens is 393 g/mol. The molecule has 0 aliphatic carbocycles. The Balaban J connectivity index is 1.94. The molecular formula is C25H32FN3O2. The number of nitrogens with zero attached hydrogens (tertiary/aromatic N) is 3. The number of ether oxygens (including phenoxy) is 1. The van der Waals surface area contributed by atoms with Crippen molar-refractivity contribution < 1.29 is 13.9 Å². The van der Waals surface area contributed by atoms with Gasteiger partial charge in [-0.3, -0.25) is 4.79 Å². The van der Waals surface area contributed by atoms with Gasteiger partial charge in [-0.05, 0) is 49.1 Å². The first-order chi connectivity index (χ1) is 14.9. The smallest absolute Gasteiger partial charge is 0.254 e. The van der Waals surface area contributed by atoms with E-state index in [0.717, 1.165) is 42.7 Å². The van der Waals surface area contributed by atoms with E-state index in [2.05, 4.69) is 31.4 Å². The zero-order chi connectivity index (χ0) is 22.4. The number of imidazole rings is 1. The highest BCUT2D eigenvalue weighted by molar-refractivity contribution is 5.94. The van der Waals surface area contributed by atoms with E-state index in [9.17, 15) is 9.18 Å². The van der Waals surface area contributed by atoms with Crippen molar-refractivity contribution in [2.24, 2.45) is 5.92 Å². The van der Waals surface area contributed by atoms with Crippen molar-refractivity contribution in [2.45, 2.75) is 53.1 Å². The van der Waals surface area contributed by atoms with Gasteiger partial charge in [-0.15, -0.1) is 0 Å². The summed E-state index contributed by atoms with van der Waals surface area (Å²) in [6, 6.07) is 12.4. The third kappa shape index (κ3) is 5.43. The summed E-state index contributed by atoms with van der Waals surface area (Å²) in [4.78, 5) is 19.9. The third-order valence-corrected chi connectivity index (χ3v) is 5.46. The van der Waals surface area contributed by atoms with Crippen LogP contribution in [0.15, 0.2) is 42.5 Å². The lowest BCUT2D eigenvalue weighted by atomic mass is 10.1. The number of hydrogen-bond acceptors (Lipinski definition) is 3. The van der Waals surface area contributed by atoms with Gasteiger partial charge in [0.1, 0.15) is 5.82 Å². The van der Waals surface area contributed by atoms with Gasteiger partial charge >= 0.3 is 0 Å². The maximum atomic E-state index is 14.2. The maximum Gasteiger partial charge on any atom is 0.254 e. The molecule has 0 spiro atoms. The van der Waals surface area contributed by atoms with Gasteiger partial charge in [0.25, 0.3) is 5.91 Å². The highest BCUT2D eigenvalue weighted by Crippen LogP contribution is 2.22. The van der Waals surface area contributed by atoms with E-state index in [1.807, 2.05) is 18.2 Å². The summed E-state index contributed by atoms with van der Waals surface area (Å²) in [6.45, 7) is 8.25. The number of carbonyl (C=O) groups is 1. The fourth-order valence-corrected chi connectivity index (χ4v) is 3.63. The van der Waals surface area contributed by atoms with Crippen LogP contribution >= 0.6 is 0 Å². The lowest BCUT2D eigenvalue weighted by molar-refractivity contribution is 0.0728. The van der Waals surface area contributed by atoms with Gasteiger partial charge in [-0.25, -0.2) is 9.37 Å². The van der Waals surface area contributed by atoms with E-state index in [1.54, 1.807) is 11.0 Å². The van der Waals surface area contributed by atoms with Crippen molar-refractivity contribution in [3.8, 4) is 5.75 Å². The standard InChI is InChI=1S/C25H32FN3O2/c1-5-6-14-29-22-10-8-7-9-21(22)27-24(29)17-28(15-13-18(2)3)25(30)19-11-12-23(31-4)20(26)16-19/h7-12,16,18H,5-6,13-15,17H2,1-4H3. The summed E-state index contributed by atoms with van der Waals surface area (Å²) < 4.78 is 21.4. The van der Waals surface area contributed by atoms with Crippen LogP contribution in [0.25, 0.3) is 11.0 Å². The number of methoxy groups -OCH3 is 1. The predicted octanol–water partition coefficient (Wildman–Crippen LogP) is 5.67. The molecule has 0 atom stereocenters. The Kier molecular flexibility index (Phi) is 7.66. The molecule has 31 heavy (non-hydrogen) atoms. The zero-order valence-electron chi connectivity index (χ0n) is 18.9. The van der Waals surface area contributed by atoms with Crippen LogP contribution in [0, 0.1) is 11.7 Å². The molecule has 0 N–H and O–H groups in total. The van der Waals surface area contributed by atoms with Crippen LogP contribution in [0.4, 0.5) is 4.39 Å². The first kappa shape index (κ1) is 22.8. The van der Waals surface area contributed by atoms with Gasteiger partial charge in [-0.1, -0.05) is 39.3 Å². The molecule has 1 amide bonds. The minimum Gasteiger partial charge on any atom is -0.494 e. The van der Waals surface area contributed by atoms with E-state index in [0.29, 0.717) is 24.6 Å². The van der Waals surface area contributed by atoms with E-state index in [4.69, 9.17) is 9.72 Å². The molecule has 1 aromatic heterocycles. The van der Waals surface area contributed by atoms with Crippen molar-refractivity contribution in [2.75, 3.05) is 13.7 Å². The quantitative estimate of drug-likeness (QED) is 0.420. The zero-order valence-corrected chi connectivity index (χ0v) is 18.9. The second-order valence-electron chi connectivity index (χ2n) is 8.28. The highest BCUT2D eigenvalue weighted by atomic mass is 19.1. The molecule has 6 heteroatoms. The molecule has 166 valence electrons. The SMILES string of the molecule is CCCCn1c(CN(CCC(C)C)C(=O)c2ccc(OC)c(F)c2)nc2ccccc21. The van der Waals surface area contributed by atoms with E-state index in [1.165, 1.54) is 19.2 Å². The van der Waals surface area contributed by atoms with Gasteiger partial charge < -0.3 is 14.2 Å². The topological polar surface area (TPSA) is 47.4 Å². The second-order valence-corrected chi connectivity index (χ2v) is 8.28. The number of rotatable bonds is 10. The monoisotopic (exact) mass is 425 g/mol. The van der Waals surface area contributed by atoms with Crippen LogP contribution in [-0.2, 0) is 13.1 Å². The van der Waals surface area contributed by atoms with Gasteiger partial charge in [0, 0.05) is 18.7 Å². The summed E-state index contributed by atoms with van der Waals surface area (Å²) in [6.07, 6.45) is 2.98. The molecule has 0 fully saturated rings. The van der Waals surface area contributed by atoms with Crippen molar-refractivity contribution in [1.82, 2.24) is 14.5 Å². The molecule has 0 saturated heterocycles. The molecule has 0 bridgehead atoms. The van der Waals surface area contributed by atoms with Crippen LogP contribution in [0.5, 0.6) is 5.75 Å². The summed E-state index contributed by atoms with van der Waals surface area (Å²) in [5, 5.41) is 0. The number of benzene rings is 2. The Labute approximate surface area is 183 Å². The molecule has 3 rings (SSSR count). The van der Waals surface area contributed by atoms with Crippen LogP contribution in [0.3, 0.4) is 0 Å². The average molecular weight is 426 g/mol. The third-order valence-electron chi connectivity index (χ3n) is 5.46. The summed E-state index contributed by atoms with van der Waals surface area (Å²) in [5.41, 5.74) is 2.33. The summed E-state index contributed by atoms with van der Waals surface area (Å²) in [7, 11) is 1.41. The number of unbranched alkanes of at least 4 members (excludes halogenated alkanes) is 1. The van der Waals surface area contributed by atoms with Crippen LogP contribution in [0.2, 0.25) is 0 Å². The van der Waals surface area contributed by atoms with Crippen LogP contribution in [0.1, 0.15) is 56.2 Å². The van der Waals surface area contributed by atoms with Gasteiger partial charge in [0.15, 0.2) is 11.6 Å². The van der Waals surface area contributed by atoms with Crippen molar-refractivity contribution in [3.63, 3.8) is 0 Å². The molecule has 0 unspecified atom stereocenters. The largest absolute Gasteiger partial charge is 0.494 e. The molecule has 3 aromatic rings. The lowest BCUT2D eigenvalue weighted by Crippen LogP contribution is -2.33. The normalized spacial score (nSPS) is 11.3. The van der Waals surface area contributed by atoms with Crippen molar-refractivity contribution >= 4 is 16.9 Å². The maximum absolute atomic E-state index is 14.2. The Bertz CT molecular complexity index is 1030. The summed E-state index contributed by atoms with van der Waals surface area (Å²) in [5.74, 6) is 0.706. The van der Waals surface area contributed by atoms with Gasteiger partial charge in [0.2, 0.25) is 0 Å². The van der Waals surface area contributed by atoms with Gasteiger partial charge in [0.05, 0.1) is 24.7 Å². The second kappa shape index (κ2) is 10.4. The first-order valence-corrected chi connectivity index (χ1v) is 11.0. The van der Waals surface area contributed by atoms with E-state index >= 15 is 0 Å². The van der Waals surface area contributed by atoms with Crippen molar-refractivity contribution in [3.05, 3.63) is 59.7 Å². The predicted molar refractivity (Wildman–Crippen MR) is 122 cm³/mol. The molecule has 0 aliphatic rings. The fraction of sp³-hybridized carbons (Fsp3) is 0.440. The molecule has 0 radical (unpaired) electrons. The molecule has 0 aliphatic heterocycles. The lowest BCUT2D eigenvalue weighted by Gasteiger charge is -2.24. The first-order valence-electron chi connectivity index (χ1n) is 11.0. The van der Waals surface area contributed by atoms with Crippen LogP contribution in [-0.4, -0.2) is 34.0 Å². The Morgan fingerprint density at radius 1 is 1.23 bits per heavy atom. The number of aryl methyl sites for hydroxylation is 1. The minimum atomic E-state index is -0.535. The molecule has 2 aromatic carbocycles. The summed E-state index contributed by atoms with van der Waals surface area (Å²) >= 11 is 0. The Morgan fingerprint density at radius 2 is 2.00 bits per heavy atom. The molecule has 0 saturated carbocycles. The Hall–Kier alpha value is -2.89. The number of carbonyl (C=O) groups excluding carboxylic acids is 1. The average Bonchev–Trinajstić information content (AvgIpc) is 3.11. The number of halogens is 1. The number of fused-ring (bicyclic) bond motifs is 1. The Morgan fingerprint density at radius 3 is 2.68 bits per heavy atom. The van der Waals surface area contributed by atoms with Crippen LogP contribution < -0.4 is 4.74 Å². The van der Waals surface area contributed by atoms with E-state index < -0.39 is 5.82 Å². The fourth-order valence-electron chi connectivity index (χ4n) is 3.63. The molecule has 5 nitrogen and oxygen atoms in total. The van der Waals surface area contributed by atoms with Crippen molar-refractivity contribution in [1.29, 1.82) is 0 Å². The minimum absolute atomic E-state index is 0.131. The van der Waals surface area contributed by atoms with Gasteiger partial charge in [-0.2, -0.15) is 0 Å². The number of para-hydroxylation sites is 2. The number of amides is 1. The molecule has 1 heterocycles.